The minimum absolute atomic E-state index is 0.0200. The minimum atomic E-state index is -0.455. The van der Waals surface area contributed by atoms with Crippen LogP contribution < -0.4 is 5.32 Å². The molecule has 0 aliphatic heterocycles. The topological polar surface area (TPSA) is 56.8 Å². The van der Waals surface area contributed by atoms with Gasteiger partial charge >= 0.3 is 0 Å². The lowest BCUT2D eigenvalue weighted by Gasteiger charge is -2.55. The smallest absolute Gasteiger partial charge is 0.216 e. The summed E-state index contributed by atoms with van der Waals surface area (Å²) in [5.74, 6) is 0.139. The number of benzene rings is 3. The molecule has 2 bridgehead atoms. The van der Waals surface area contributed by atoms with E-state index in [2.05, 4.69) is 41.7 Å². The van der Waals surface area contributed by atoms with Crippen LogP contribution in [0.1, 0.15) is 36.5 Å². The molecule has 0 aromatic heterocycles. The zero-order valence-corrected chi connectivity index (χ0v) is 20.9. The van der Waals surface area contributed by atoms with Gasteiger partial charge in [0.15, 0.2) is 0 Å². The highest BCUT2D eigenvalue weighted by Crippen LogP contribution is 2.67. The molecule has 1 N–H and O–H groups in total. The zero-order valence-electron chi connectivity index (χ0n) is 20.9. The summed E-state index contributed by atoms with van der Waals surface area (Å²) < 4.78 is 19.7. The van der Waals surface area contributed by atoms with Crippen molar-refractivity contribution in [3.05, 3.63) is 108 Å². The number of nitrogens with one attached hydrogen (secondary N) is 1. The summed E-state index contributed by atoms with van der Waals surface area (Å²) in [6, 6.07) is 30.8. The van der Waals surface area contributed by atoms with Gasteiger partial charge < -0.3 is 19.5 Å². The molecule has 0 radical (unpaired) electrons. The Morgan fingerprint density at radius 3 is 1.97 bits per heavy atom. The van der Waals surface area contributed by atoms with Gasteiger partial charge in [0.05, 0.1) is 32.5 Å². The molecular formula is C31H35NO4. The van der Waals surface area contributed by atoms with Crippen LogP contribution >= 0.6 is 0 Å². The highest BCUT2D eigenvalue weighted by atomic mass is 16.6. The minimum Gasteiger partial charge on any atom is -0.376 e. The van der Waals surface area contributed by atoms with Gasteiger partial charge in [0.1, 0.15) is 5.60 Å². The van der Waals surface area contributed by atoms with E-state index in [1.54, 1.807) is 6.92 Å². The van der Waals surface area contributed by atoms with Crippen LogP contribution in [0, 0.1) is 11.3 Å². The van der Waals surface area contributed by atoms with Gasteiger partial charge in [-0.25, -0.2) is 0 Å². The summed E-state index contributed by atoms with van der Waals surface area (Å²) in [5.41, 5.74) is 2.85. The van der Waals surface area contributed by atoms with Crippen LogP contribution in [0.25, 0.3) is 0 Å². The highest BCUT2D eigenvalue weighted by molar-refractivity contribution is 5.72. The molecule has 3 saturated carbocycles. The molecule has 3 aromatic carbocycles. The first-order chi connectivity index (χ1) is 17.6. The van der Waals surface area contributed by atoms with Gasteiger partial charge in [-0.3, -0.25) is 4.79 Å². The maximum atomic E-state index is 11.8. The van der Waals surface area contributed by atoms with Crippen LogP contribution in [0.4, 0.5) is 0 Å². The molecule has 4 atom stereocenters. The molecule has 0 spiro atoms. The van der Waals surface area contributed by atoms with E-state index in [9.17, 15) is 4.79 Å². The Morgan fingerprint density at radius 1 is 0.833 bits per heavy atom. The largest absolute Gasteiger partial charge is 0.376 e. The van der Waals surface area contributed by atoms with Gasteiger partial charge in [-0.2, -0.15) is 0 Å². The third kappa shape index (κ3) is 5.24. The molecule has 3 aliphatic carbocycles. The maximum Gasteiger partial charge on any atom is 0.216 e. The van der Waals surface area contributed by atoms with Gasteiger partial charge in [-0.15, -0.1) is 0 Å². The molecule has 3 aromatic rings. The molecule has 5 heteroatoms. The Morgan fingerprint density at radius 2 is 1.39 bits per heavy atom. The van der Waals surface area contributed by atoms with Crippen molar-refractivity contribution in [2.45, 2.75) is 51.3 Å². The maximum absolute atomic E-state index is 11.8. The summed E-state index contributed by atoms with van der Waals surface area (Å²) in [7, 11) is 0. The summed E-state index contributed by atoms with van der Waals surface area (Å²) in [6.07, 6.45) is 1.66. The quantitative estimate of drug-likeness (QED) is 0.379. The Kier molecular flexibility index (Phi) is 7.51. The van der Waals surface area contributed by atoms with Crippen LogP contribution in [0.15, 0.2) is 91.0 Å². The second kappa shape index (κ2) is 11.0. The zero-order chi connectivity index (χ0) is 24.8. The van der Waals surface area contributed by atoms with E-state index in [0.717, 1.165) is 29.5 Å². The number of hydrogen-bond donors (Lipinski definition) is 1. The fourth-order valence-electron chi connectivity index (χ4n) is 6.08. The van der Waals surface area contributed by atoms with Crippen molar-refractivity contribution >= 4 is 5.91 Å². The van der Waals surface area contributed by atoms with E-state index in [-0.39, 0.29) is 23.3 Å². The number of hydrogen-bond acceptors (Lipinski definition) is 4. The number of carbonyl (C=O) groups excluding carboxylic acids is 1. The van der Waals surface area contributed by atoms with Crippen LogP contribution in [-0.4, -0.2) is 30.8 Å². The summed E-state index contributed by atoms with van der Waals surface area (Å²) in [6.45, 7) is 4.37. The molecular weight excluding hydrogens is 450 g/mol. The molecule has 0 heterocycles. The molecule has 1 amide bonds. The summed E-state index contributed by atoms with van der Waals surface area (Å²) in [4.78, 5) is 11.8. The van der Waals surface area contributed by atoms with E-state index in [1.807, 2.05) is 54.6 Å². The number of rotatable bonds is 12. The van der Waals surface area contributed by atoms with Crippen molar-refractivity contribution in [2.24, 2.45) is 11.3 Å². The lowest BCUT2D eigenvalue weighted by atomic mass is 9.63. The summed E-state index contributed by atoms with van der Waals surface area (Å²) in [5, 5.41) is 3.05. The fraction of sp³-hybridized carbons (Fsp3) is 0.387. The predicted molar refractivity (Wildman–Crippen MR) is 139 cm³/mol. The van der Waals surface area contributed by atoms with E-state index < -0.39 is 5.60 Å². The Bertz CT molecular complexity index is 1120. The SMILES string of the molecule is CC(=O)NC[C@@H]1C[C@]2(COCc3ccccc3)C[C@@]1(OCc1ccccc1)[C@@H]2OCc1ccccc1. The van der Waals surface area contributed by atoms with Crippen LogP contribution in [0.5, 0.6) is 0 Å². The van der Waals surface area contributed by atoms with Gasteiger partial charge in [0.25, 0.3) is 0 Å². The third-order valence-electron chi connectivity index (χ3n) is 7.68. The molecule has 0 unspecified atom stereocenters. The first-order valence-corrected chi connectivity index (χ1v) is 12.8. The standard InChI is InChI=1S/C31H35NO4/c1-24(33)32-18-28-17-30(23-34-19-25-11-5-2-6-12-25)22-31(28,36-21-27-15-9-4-10-16-27)29(30)35-20-26-13-7-3-8-14-26/h2-16,28-29H,17-23H2,1H3,(H,32,33)/t28-,29+,30+,31-/m0/s1. The van der Waals surface area contributed by atoms with Gasteiger partial charge in [-0.05, 0) is 29.5 Å². The number of ether oxygens (including phenoxy) is 3. The number of carbonyl (C=O) groups is 1. The molecule has 5 nitrogen and oxygen atoms in total. The normalized spacial score (nSPS) is 26.4. The van der Waals surface area contributed by atoms with Crippen molar-refractivity contribution < 1.29 is 19.0 Å². The van der Waals surface area contributed by atoms with Crippen molar-refractivity contribution in [1.29, 1.82) is 0 Å². The monoisotopic (exact) mass is 485 g/mol. The Hall–Kier alpha value is -2.99. The molecule has 3 aliphatic rings. The fourth-order valence-corrected chi connectivity index (χ4v) is 6.08. The van der Waals surface area contributed by atoms with Crippen molar-refractivity contribution in [2.75, 3.05) is 13.2 Å². The average molecular weight is 486 g/mol. The van der Waals surface area contributed by atoms with Crippen LogP contribution in [0.3, 0.4) is 0 Å². The molecule has 0 saturated heterocycles. The van der Waals surface area contributed by atoms with E-state index in [0.29, 0.717) is 33.0 Å². The summed E-state index contributed by atoms with van der Waals surface area (Å²) >= 11 is 0. The highest BCUT2D eigenvalue weighted by Gasteiger charge is 2.75. The Labute approximate surface area is 213 Å². The second-order valence-corrected chi connectivity index (χ2v) is 10.3. The molecule has 188 valence electrons. The third-order valence-corrected chi connectivity index (χ3v) is 7.68. The van der Waals surface area contributed by atoms with Crippen LogP contribution in [0.2, 0.25) is 0 Å². The lowest BCUT2D eigenvalue weighted by Crippen LogP contribution is -2.64. The van der Waals surface area contributed by atoms with Gasteiger partial charge in [-0.1, -0.05) is 91.0 Å². The van der Waals surface area contributed by atoms with E-state index in [1.165, 1.54) is 0 Å². The van der Waals surface area contributed by atoms with Gasteiger partial charge in [0.2, 0.25) is 5.91 Å². The van der Waals surface area contributed by atoms with E-state index >= 15 is 0 Å². The molecule has 36 heavy (non-hydrogen) atoms. The second-order valence-electron chi connectivity index (χ2n) is 10.3. The number of amides is 1. The van der Waals surface area contributed by atoms with E-state index in [4.69, 9.17) is 14.2 Å². The Balaban J connectivity index is 1.35. The van der Waals surface area contributed by atoms with Crippen molar-refractivity contribution in [3.8, 4) is 0 Å². The lowest BCUT2D eigenvalue weighted by molar-refractivity contribution is -0.264. The van der Waals surface area contributed by atoms with Gasteiger partial charge in [0, 0.05) is 24.8 Å². The van der Waals surface area contributed by atoms with Crippen molar-refractivity contribution in [1.82, 2.24) is 5.32 Å². The first kappa shape index (κ1) is 24.7. The average Bonchev–Trinajstić information content (AvgIpc) is 3.36. The van der Waals surface area contributed by atoms with Crippen LogP contribution in [-0.2, 0) is 38.8 Å². The molecule has 3 fully saturated rings. The number of fused-ring (bicyclic) bond motifs is 1. The first-order valence-electron chi connectivity index (χ1n) is 12.8. The van der Waals surface area contributed by atoms with Crippen molar-refractivity contribution in [3.63, 3.8) is 0 Å². The molecule has 6 rings (SSSR count). The predicted octanol–water partition coefficient (Wildman–Crippen LogP) is 5.29.